The summed E-state index contributed by atoms with van der Waals surface area (Å²) in [5.74, 6) is -4.70. The number of aromatic hydroxyl groups is 3. The topological polar surface area (TPSA) is 113 Å². The highest BCUT2D eigenvalue weighted by atomic mass is 16.5. The average Bonchev–Trinajstić information content (AvgIpc) is 2.38. The molecule has 0 fully saturated rings. The van der Waals surface area contributed by atoms with Gasteiger partial charge in [-0.1, -0.05) is 0 Å². The van der Waals surface area contributed by atoms with Crippen LogP contribution in [-0.2, 0) is 4.74 Å². The summed E-state index contributed by atoms with van der Waals surface area (Å²) in [4.78, 5) is 23.8. The zero-order valence-electron chi connectivity index (χ0n) is 10.1. The Morgan fingerprint density at radius 2 is 1.53 bits per heavy atom. The Hall–Kier alpha value is -2.70. The van der Waals surface area contributed by atoms with Crippen molar-refractivity contribution in [3.05, 3.63) is 23.0 Å². The monoisotopic (exact) mass is 266 g/mol. The predicted molar refractivity (Wildman–Crippen MR) is 61.7 cm³/mol. The van der Waals surface area contributed by atoms with Crippen LogP contribution in [0, 0.1) is 0 Å². The quantitative estimate of drug-likeness (QED) is 0.534. The molecule has 7 heteroatoms. The minimum Gasteiger partial charge on any atom is -0.504 e. The van der Waals surface area contributed by atoms with Crippen molar-refractivity contribution in [2.45, 2.75) is 0 Å². The molecule has 0 radical (unpaired) electrons. The summed E-state index contributed by atoms with van der Waals surface area (Å²) >= 11 is 0. The highest BCUT2D eigenvalue weighted by molar-refractivity contribution is 6.26. The van der Waals surface area contributed by atoms with Gasteiger partial charge in [-0.2, -0.15) is 0 Å². The lowest BCUT2D eigenvalue weighted by atomic mass is 9.91. The van der Waals surface area contributed by atoms with Crippen LogP contribution in [0.5, 0.6) is 23.0 Å². The maximum absolute atomic E-state index is 11.9. The van der Waals surface area contributed by atoms with E-state index in [0.29, 0.717) is 0 Å². The molecule has 0 aliphatic heterocycles. The number of methoxy groups -OCH3 is 2. The molecule has 1 aliphatic rings. The van der Waals surface area contributed by atoms with Gasteiger partial charge in [0.25, 0.3) is 0 Å². The van der Waals surface area contributed by atoms with Gasteiger partial charge in [-0.05, 0) is 0 Å². The van der Waals surface area contributed by atoms with Gasteiger partial charge < -0.3 is 24.8 Å². The van der Waals surface area contributed by atoms with Gasteiger partial charge in [0.2, 0.25) is 17.3 Å². The van der Waals surface area contributed by atoms with E-state index < -0.39 is 45.7 Å². The number of phenolic OH excluding ortho intramolecular Hbond substituents is 3. The van der Waals surface area contributed by atoms with E-state index in [1.807, 2.05) is 0 Å². The van der Waals surface area contributed by atoms with Crippen LogP contribution in [0.3, 0.4) is 0 Å². The second-order valence-electron chi connectivity index (χ2n) is 3.74. The van der Waals surface area contributed by atoms with Crippen LogP contribution in [0.15, 0.2) is 11.8 Å². The summed E-state index contributed by atoms with van der Waals surface area (Å²) in [6.45, 7) is 0. The number of ketones is 2. The number of benzene rings is 1. The van der Waals surface area contributed by atoms with Crippen molar-refractivity contribution in [3.8, 4) is 23.0 Å². The van der Waals surface area contributed by atoms with Crippen LogP contribution in [0.4, 0.5) is 0 Å². The van der Waals surface area contributed by atoms with Gasteiger partial charge in [0.05, 0.1) is 25.3 Å². The normalized spacial score (nSPS) is 13.9. The van der Waals surface area contributed by atoms with E-state index in [-0.39, 0.29) is 5.76 Å². The molecule has 0 spiro atoms. The lowest BCUT2D eigenvalue weighted by molar-refractivity contribution is 0.0910. The van der Waals surface area contributed by atoms with Crippen molar-refractivity contribution in [2.24, 2.45) is 0 Å². The number of carbonyl (C=O) groups excluding carboxylic acids is 2. The lowest BCUT2D eigenvalue weighted by Crippen LogP contribution is -2.18. The summed E-state index contributed by atoms with van der Waals surface area (Å²) < 4.78 is 9.39. The highest BCUT2D eigenvalue weighted by Crippen LogP contribution is 2.49. The molecule has 1 aromatic carbocycles. The molecular formula is C12H10O7. The summed E-state index contributed by atoms with van der Waals surface area (Å²) in [5.41, 5.74) is -0.946. The van der Waals surface area contributed by atoms with E-state index in [9.17, 15) is 24.9 Å². The van der Waals surface area contributed by atoms with Crippen LogP contribution < -0.4 is 4.74 Å². The molecule has 0 atom stereocenters. The maximum atomic E-state index is 11.9. The van der Waals surface area contributed by atoms with Crippen molar-refractivity contribution in [1.29, 1.82) is 0 Å². The Bertz CT molecular complexity index is 628. The fourth-order valence-corrected chi connectivity index (χ4v) is 1.87. The van der Waals surface area contributed by atoms with Gasteiger partial charge in [-0.3, -0.25) is 9.59 Å². The molecule has 0 bridgehead atoms. The van der Waals surface area contributed by atoms with Crippen LogP contribution in [0.2, 0.25) is 0 Å². The molecule has 7 nitrogen and oxygen atoms in total. The van der Waals surface area contributed by atoms with Crippen LogP contribution in [0.25, 0.3) is 0 Å². The van der Waals surface area contributed by atoms with Crippen molar-refractivity contribution >= 4 is 11.6 Å². The average molecular weight is 266 g/mol. The standard InChI is InChI=1S/C12H10O7/c1-18-5-3-4(13)6-7(8(5)14)9(15)11(17)12(19-2)10(6)16/h3,15-17H,1-2H3. The Balaban J connectivity index is 2.85. The Morgan fingerprint density at radius 1 is 0.895 bits per heavy atom. The minimum atomic E-state index is -0.842. The third kappa shape index (κ3) is 1.59. The first-order chi connectivity index (χ1) is 8.93. The second-order valence-corrected chi connectivity index (χ2v) is 3.74. The molecule has 1 aromatic rings. The van der Waals surface area contributed by atoms with Gasteiger partial charge in [0.1, 0.15) is 0 Å². The highest BCUT2D eigenvalue weighted by Gasteiger charge is 2.36. The molecule has 1 aliphatic carbocycles. The van der Waals surface area contributed by atoms with E-state index in [2.05, 4.69) is 4.74 Å². The van der Waals surface area contributed by atoms with E-state index in [0.717, 1.165) is 13.2 Å². The summed E-state index contributed by atoms with van der Waals surface area (Å²) in [6, 6.07) is 0. The number of Topliss-reactive ketones (excluding diaryl/α,β-unsaturated/α-hetero) is 1. The third-order valence-electron chi connectivity index (χ3n) is 2.76. The van der Waals surface area contributed by atoms with Gasteiger partial charge in [-0.25, -0.2) is 0 Å². The maximum Gasteiger partial charge on any atom is 0.232 e. The van der Waals surface area contributed by atoms with Gasteiger partial charge in [0, 0.05) is 6.08 Å². The first-order valence-corrected chi connectivity index (χ1v) is 5.13. The van der Waals surface area contributed by atoms with E-state index in [1.165, 1.54) is 7.11 Å². The van der Waals surface area contributed by atoms with Crippen LogP contribution in [0.1, 0.15) is 20.7 Å². The van der Waals surface area contributed by atoms with E-state index >= 15 is 0 Å². The van der Waals surface area contributed by atoms with Gasteiger partial charge in [-0.15, -0.1) is 0 Å². The largest absolute Gasteiger partial charge is 0.504 e. The first kappa shape index (κ1) is 12.7. The molecule has 0 heterocycles. The number of hydrogen-bond acceptors (Lipinski definition) is 7. The molecule has 3 N–H and O–H groups in total. The number of rotatable bonds is 2. The molecular weight excluding hydrogens is 256 g/mol. The third-order valence-corrected chi connectivity index (χ3v) is 2.76. The molecule has 0 amide bonds. The molecule has 19 heavy (non-hydrogen) atoms. The lowest BCUT2D eigenvalue weighted by Gasteiger charge is -2.19. The number of fused-ring (bicyclic) bond motifs is 1. The summed E-state index contributed by atoms with van der Waals surface area (Å²) in [5, 5.41) is 29.3. The molecule has 0 unspecified atom stereocenters. The van der Waals surface area contributed by atoms with Crippen molar-refractivity contribution in [2.75, 3.05) is 14.2 Å². The van der Waals surface area contributed by atoms with Crippen LogP contribution in [-0.4, -0.2) is 41.1 Å². The Morgan fingerprint density at radius 3 is 2.05 bits per heavy atom. The smallest absolute Gasteiger partial charge is 0.232 e. The predicted octanol–water partition coefficient (Wildman–Crippen LogP) is 0.721. The van der Waals surface area contributed by atoms with Crippen molar-refractivity contribution < 1.29 is 34.4 Å². The zero-order chi connectivity index (χ0) is 14.3. The summed E-state index contributed by atoms with van der Waals surface area (Å²) in [7, 11) is 2.31. The zero-order valence-corrected chi connectivity index (χ0v) is 10.1. The molecule has 0 saturated carbocycles. The van der Waals surface area contributed by atoms with Gasteiger partial charge >= 0.3 is 0 Å². The van der Waals surface area contributed by atoms with Gasteiger partial charge in [0.15, 0.2) is 23.0 Å². The fourth-order valence-electron chi connectivity index (χ4n) is 1.87. The van der Waals surface area contributed by atoms with E-state index in [1.54, 1.807) is 0 Å². The number of phenols is 3. The Kier molecular flexibility index (Phi) is 2.82. The number of carbonyl (C=O) groups is 2. The number of ether oxygens (including phenoxy) is 2. The van der Waals surface area contributed by atoms with Crippen molar-refractivity contribution in [3.63, 3.8) is 0 Å². The number of hydrogen-bond donors (Lipinski definition) is 3. The SMILES string of the molecule is COC1=CC(=O)c2c(O)c(OC)c(O)c(O)c2C1=O. The molecule has 2 rings (SSSR count). The summed E-state index contributed by atoms with van der Waals surface area (Å²) in [6.07, 6.45) is 0.889. The second kappa shape index (κ2) is 4.20. The van der Waals surface area contributed by atoms with Crippen LogP contribution >= 0.6 is 0 Å². The first-order valence-electron chi connectivity index (χ1n) is 5.13. The molecule has 0 aromatic heterocycles. The number of allylic oxidation sites excluding steroid dienone is 2. The fraction of sp³-hybridized carbons (Fsp3) is 0.167. The molecule has 100 valence electrons. The van der Waals surface area contributed by atoms with Crippen molar-refractivity contribution in [1.82, 2.24) is 0 Å². The minimum absolute atomic E-state index is 0.295. The molecule has 0 saturated heterocycles. The van der Waals surface area contributed by atoms with E-state index in [4.69, 9.17) is 4.74 Å². The Labute approximate surface area is 107 Å².